The predicted octanol–water partition coefficient (Wildman–Crippen LogP) is 5.07. The molecular formula is C27H34F2N3O3Si. The van der Waals surface area contributed by atoms with Crippen LogP contribution in [0.2, 0.25) is 12.1 Å². The summed E-state index contributed by atoms with van der Waals surface area (Å²) in [6.07, 6.45) is 6.91. The number of rotatable bonds is 11. The fourth-order valence-corrected chi connectivity index (χ4v) is 7.72. The lowest BCUT2D eigenvalue weighted by atomic mass is 9.96. The fourth-order valence-electron chi connectivity index (χ4n) is 5.36. The van der Waals surface area contributed by atoms with Crippen LogP contribution in [0, 0.1) is 11.6 Å². The first-order valence-electron chi connectivity index (χ1n) is 13.0. The summed E-state index contributed by atoms with van der Waals surface area (Å²) in [5, 5.41) is 13.4. The number of anilines is 1. The van der Waals surface area contributed by atoms with Crippen LogP contribution in [0.15, 0.2) is 24.3 Å². The highest BCUT2D eigenvalue weighted by Gasteiger charge is 2.42. The zero-order chi connectivity index (χ0) is 25.2. The number of ether oxygens (including phenoxy) is 1. The average Bonchev–Trinajstić information content (AvgIpc) is 3.64. The summed E-state index contributed by atoms with van der Waals surface area (Å²) < 4.78 is 36.5. The number of aliphatic carboxylic acids is 1. The number of hydrogen-bond donors (Lipinski definition) is 2. The lowest BCUT2D eigenvalue weighted by Crippen LogP contribution is -2.52. The van der Waals surface area contributed by atoms with Crippen LogP contribution in [0.5, 0.6) is 0 Å². The van der Waals surface area contributed by atoms with Crippen LogP contribution in [-0.2, 0) is 22.4 Å². The van der Waals surface area contributed by atoms with Gasteiger partial charge in [0.05, 0.1) is 6.10 Å². The largest absolute Gasteiger partial charge is 0.480 e. The molecule has 1 saturated heterocycles. The molecule has 2 aliphatic heterocycles. The molecule has 193 valence electrons. The van der Waals surface area contributed by atoms with E-state index in [0.717, 1.165) is 81.2 Å². The summed E-state index contributed by atoms with van der Waals surface area (Å²) in [4.78, 5) is 17.0. The first-order chi connectivity index (χ1) is 17.4. The average molecular weight is 515 g/mol. The van der Waals surface area contributed by atoms with E-state index >= 15 is 0 Å². The van der Waals surface area contributed by atoms with Gasteiger partial charge in [0, 0.05) is 24.9 Å². The number of hydrogen-bond acceptors (Lipinski definition) is 5. The number of likely N-dealkylation sites (N-methyl/N-ethyl adjacent to an activating group) is 1. The number of aromatic nitrogens is 1. The Bertz CT molecular complexity index is 1110. The molecular weight excluding hydrogens is 480 g/mol. The Kier molecular flexibility index (Phi) is 7.69. The summed E-state index contributed by atoms with van der Waals surface area (Å²) in [5.41, 5.74) is 3.07. The third kappa shape index (κ3) is 5.63. The van der Waals surface area contributed by atoms with Gasteiger partial charge in [-0.05, 0) is 98.8 Å². The Labute approximate surface area is 212 Å². The normalized spacial score (nSPS) is 19.0. The quantitative estimate of drug-likeness (QED) is 0.322. The Morgan fingerprint density at radius 2 is 2.08 bits per heavy atom. The molecule has 36 heavy (non-hydrogen) atoms. The van der Waals surface area contributed by atoms with Gasteiger partial charge < -0.3 is 19.7 Å². The molecule has 9 heteroatoms. The van der Waals surface area contributed by atoms with Crippen molar-refractivity contribution in [3.05, 3.63) is 58.3 Å². The Hall–Kier alpha value is -2.36. The molecule has 0 spiro atoms. The lowest BCUT2D eigenvalue weighted by molar-refractivity contribution is -0.141. The van der Waals surface area contributed by atoms with Crippen molar-refractivity contribution >= 4 is 20.7 Å². The molecule has 2 fully saturated rings. The molecule has 1 aromatic carbocycles. The number of halogens is 2. The van der Waals surface area contributed by atoms with E-state index in [1.165, 1.54) is 11.6 Å². The van der Waals surface area contributed by atoms with E-state index in [1.54, 1.807) is 7.05 Å². The summed E-state index contributed by atoms with van der Waals surface area (Å²) in [5.74, 6) is -1.37. The van der Waals surface area contributed by atoms with Crippen LogP contribution in [0.4, 0.5) is 14.6 Å². The molecule has 1 radical (unpaired) electrons. The molecule has 2 N–H and O–H groups in total. The smallest absolute Gasteiger partial charge is 0.324 e. The van der Waals surface area contributed by atoms with Crippen LogP contribution in [-0.4, -0.2) is 55.9 Å². The number of carbonyl (C=O) groups is 1. The number of aryl methyl sites for hydroxylation is 2. The summed E-state index contributed by atoms with van der Waals surface area (Å²) >= 11 is 0. The maximum absolute atomic E-state index is 14.6. The van der Waals surface area contributed by atoms with Gasteiger partial charge in [-0.25, -0.2) is 13.8 Å². The van der Waals surface area contributed by atoms with Crippen molar-refractivity contribution in [1.82, 2.24) is 9.55 Å². The molecule has 6 nitrogen and oxygen atoms in total. The van der Waals surface area contributed by atoms with Crippen molar-refractivity contribution < 1.29 is 23.4 Å². The van der Waals surface area contributed by atoms with Crippen molar-refractivity contribution in [2.45, 2.75) is 75.1 Å². The molecule has 3 aliphatic rings. The minimum atomic E-state index is -1.14. The summed E-state index contributed by atoms with van der Waals surface area (Å²) in [7, 11) is 0.642. The highest BCUT2D eigenvalue weighted by molar-refractivity contribution is 6.59. The number of carboxylic acids is 1. The molecule has 1 atom stereocenters. The second-order valence-electron chi connectivity index (χ2n) is 10.3. The topological polar surface area (TPSA) is 74.7 Å². The van der Waals surface area contributed by atoms with Crippen molar-refractivity contribution in [1.29, 1.82) is 0 Å². The minimum Gasteiger partial charge on any atom is -0.480 e. The highest BCUT2D eigenvalue weighted by Crippen LogP contribution is 2.46. The number of fused-ring (bicyclic) bond motifs is 1. The molecule has 0 unspecified atom stereocenters. The van der Waals surface area contributed by atoms with Crippen LogP contribution < -0.4 is 5.32 Å². The molecule has 1 saturated carbocycles. The van der Waals surface area contributed by atoms with E-state index in [4.69, 9.17) is 9.72 Å². The van der Waals surface area contributed by atoms with Gasteiger partial charge in [0.2, 0.25) is 0 Å². The van der Waals surface area contributed by atoms with Crippen LogP contribution in [0.25, 0.3) is 0 Å². The third-order valence-electron chi connectivity index (χ3n) is 7.59. The van der Waals surface area contributed by atoms with Gasteiger partial charge in [0.15, 0.2) is 0 Å². The predicted molar refractivity (Wildman–Crippen MR) is 136 cm³/mol. The van der Waals surface area contributed by atoms with Gasteiger partial charge in [-0.1, -0.05) is 6.07 Å². The van der Waals surface area contributed by atoms with Crippen molar-refractivity contribution in [2.75, 3.05) is 25.5 Å². The minimum absolute atomic E-state index is 0.00156. The van der Waals surface area contributed by atoms with Gasteiger partial charge >= 0.3 is 5.97 Å². The summed E-state index contributed by atoms with van der Waals surface area (Å²) in [6.45, 7) is 1.67. The highest BCUT2D eigenvalue weighted by atomic mass is 28.3. The Morgan fingerprint density at radius 3 is 2.83 bits per heavy atom. The molecule has 1 aliphatic carbocycles. The van der Waals surface area contributed by atoms with Crippen LogP contribution in [0.1, 0.15) is 66.4 Å². The van der Waals surface area contributed by atoms with Gasteiger partial charge in [0.25, 0.3) is 0 Å². The zero-order valence-corrected chi connectivity index (χ0v) is 21.7. The van der Waals surface area contributed by atoms with Gasteiger partial charge in [-0.3, -0.25) is 4.79 Å². The maximum atomic E-state index is 14.6. The van der Waals surface area contributed by atoms with E-state index in [1.807, 2.05) is 4.57 Å². The number of carboxylic acid groups (broad SMARTS) is 1. The second kappa shape index (κ2) is 10.9. The van der Waals surface area contributed by atoms with Crippen LogP contribution >= 0.6 is 0 Å². The van der Waals surface area contributed by atoms with Gasteiger partial charge in [-0.2, -0.15) is 0 Å². The van der Waals surface area contributed by atoms with E-state index in [2.05, 4.69) is 17.4 Å². The number of unbranched alkanes of at least 4 members (excludes halogenated alkanes) is 1. The number of nitrogens with zero attached hydrogens (tertiary/aromatic N) is 2. The zero-order valence-electron chi connectivity index (χ0n) is 20.7. The monoisotopic (exact) mass is 514 g/mol. The molecule has 0 bridgehead atoms. The standard InChI is InChI=1S/C27H34F2N3O3Si/c1-32(25(27(33)34)22-13-19(28)14-23(29)24(22)17-7-8-17)36-15-21(16-36)35-12-3-2-6-20-10-9-18-5-4-11-30-26(18)31-20/h9-10,13-14,17,21,25H,2-8,11-12,15-16H2,1H3,(H,30,31)(H,33,34)/t25-/m1/s1. The molecule has 5 rings (SSSR count). The second-order valence-corrected chi connectivity index (χ2v) is 12.9. The van der Waals surface area contributed by atoms with Crippen molar-refractivity contribution in [2.24, 2.45) is 0 Å². The molecule has 2 aromatic rings. The molecule has 0 amide bonds. The van der Waals surface area contributed by atoms with E-state index in [0.29, 0.717) is 12.2 Å². The fraction of sp³-hybridized carbons (Fsp3) is 0.556. The number of benzene rings is 1. The molecule has 1 aromatic heterocycles. The first-order valence-corrected chi connectivity index (χ1v) is 14.9. The number of nitrogens with one attached hydrogen (secondary N) is 1. The molecule has 3 heterocycles. The number of pyridine rings is 1. The van der Waals surface area contributed by atoms with E-state index in [9.17, 15) is 18.7 Å². The van der Waals surface area contributed by atoms with Crippen molar-refractivity contribution in [3.8, 4) is 0 Å². The van der Waals surface area contributed by atoms with Crippen LogP contribution in [0.3, 0.4) is 0 Å². The Balaban J connectivity index is 1.09. The SMILES string of the molecule is CN([C@@H](C(=O)O)c1cc(F)cc(F)c1C1CC1)[Si]1CC(OCCCCc2ccc3c(n2)NCCC3)C1. The third-order valence-corrected chi connectivity index (χ3v) is 10.7. The Morgan fingerprint density at radius 1 is 1.28 bits per heavy atom. The lowest BCUT2D eigenvalue weighted by Gasteiger charge is -2.42. The maximum Gasteiger partial charge on any atom is 0.324 e. The van der Waals surface area contributed by atoms with E-state index < -0.39 is 32.6 Å². The van der Waals surface area contributed by atoms with Gasteiger partial charge in [-0.15, -0.1) is 0 Å². The van der Waals surface area contributed by atoms with Crippen molar-refractivity contribution in [3.63, 3.8) is 0 Å². The summed E-state index contributed by atoms with van der Waals surface area (Å²) in [6, 6.07) is 7.01. The van der Waals surface area contributed by atoms with Gasteiger partial charge in [0.1, 0.15) is 32.5 Å². The first kappa shape index (κ1) is 25.3. The van der Waals surface area contributed by atoms with E-state index in [-0.39, 0.29) is 17.6 Å².